The normalized spacial score (nSPS) is 12.2. The molecule has 106 valence electrons. The van der Waals surface area contributed by atoms with Crippen LogP contribution in [0.3, 0.4) is 0 Å². The van der Waals surface area contributed by atoms with E-state index in [-0.39, 0.29) is 12.0 Å². The van der Waals surface area contributed by atoms with Crippen LogP contribution in [0.1, 0.15) is 17.3 Å². The molecule has 0 fully saturated rings. The fourth-order valence-electron chi connectivity index (χ4n) is 1.84. The summed E-state index contributed by atoms with van der Waals surface area (Å²) in [5.41, 5.74) is 2.93. The molecule has 0 spiro atoms. The summed E-state index contributed by atoms with van der Waals surface area (Å²) in [6, 6.07) is 4.72. The first-order valence-corrected chi connectivity index (χ1v) is 5.90. The van der Waals surface area contributed by atoms with Gasteiger partial charge in [-0.1, -0.05) is 6.07 Å². The lowest BCUT2D eigenvalue weighted by molar-refractivity contribution is 0.393. The van der Waals surface area contributed by atoms with Crippen molar-refractivity contribution in [1.82, 2.24) is 15.4 Å². The van der Waals surface area contributed by atoms with E-state index in [0.717, 1.165) is 0 Å². The zero-order chi connectivity index (χ0) is 14.5. The molecule has 1 unspecified atom stereocenters. The Bertz CT molecular complexity index is 574. The number of ether oxygens (including phenoxy) is 1. The molecule has 0 aliphatic carbocycles. The minimum Gasteiger partial charge on any atom is -0.481 e. The van der Waals surface area contributed by atoms with Crippen LogP contribution in [0, 0.1) is 11.6 Å². The largest absolute Gasteiger partial charge is 0.481 e. The maximum atomic E-state index is 13.6. The van der Waals surface area contributed by atoms with Gasteiger partial charge in [0.2, 0.25) is 5.88 Å². The molecular formula is C13H14F2N4O. The minimum absolute atomic E-state index is 0.0230. The second kappa shape index (κ2) is 6.36. The Labute approximate surface area is 114 Å². The van der Waals surface area contributed by atoms with Crippen LogP contribution in [-0.4, -0.2) is 17.1 Å². The van der Waals surface area contributed by atoms with Crippen LogP contribution in [0.2, 0.25) is 0 Å². The summed E-state index contributed by atoms with van der Waals surface area (Å²) in [5.74, 6) is 4.56. The maximum Gasteiger partial charge on any atom is 0.216 e. The molecule has 0 aliphatic heterocycles. The number of aromatic nitrogens is 2. The van der Waals surface area contributed by atoms with Crippen LogP contribution in [0.5, 0.6) is 5.88 Å². The molecule has 0 radical (unpaired) electrons. The van der Waals surface area contributed by atoms with Gasteiger partial charge in [0, 0.05) is 18.1 Å². The summed E-state index contributed by atoms with van der Waals surface area (Å²) in [7, 11) is 1.47. The number of nitrogens with two attached hydrogens (primary N) is 1. The monoisotopic (exact) mass is 280 g/mol. The van der Waals surface area contributed by atoms with Gasteiger partial charge >= 0.3 is 0 Å². The Morgan fingerprint density at radius 3 is 2.60 bits per heavy atom. The minimum atomic E-state index is -0.619. The predicted molar refractivity (Wildman–Crippen MR) is 68.7 cm³/mol. The highest BCUT2D eigenvalue weighted by molar-refractivity contribution is 5.24. The van der Waals surface area contributed by atoms with Gasteiger partial charge in [0.25, 0.3) is 0 Å². The van der Waals surface area contributed by atoms with Crippen molar-refractivity contribution in [2.75, 3.05) is 7.11 Å². The number of rotatable bonds is 5. The molecule has 1 heterocycles. The Hall–Kier alpha value is -2.12. The van der Waals surface area contributed by atoms with Gasteiger partial charge in [-0.15, -0.1) is 0 Å². The number of hydrogen-bond acceptors (Lipinski definition) is 5. The van der Waals surface area contributed by atoms with Gasteiger partial charge in [-0.2, -0.15) is 0 Å². The smallest absolute Gasteiger partial charge is 0.216 e. The van der Waals surface area contributed by atoms with E-state index in [1.807, 2.05) is 0 Å². The van der Waals surface area contributed by atoms with E-state index in [9.17, 15) is 8.78 Å². The van der Waals surface area contributed by atoms with Gasteiger partial charge in [-0.3, -0.25) is 11.3 Å². The van der Waals surface area contributed by atoms with E-state index in [0.29, 0.717) is 11.6 Å². The summed E-state index contributed by atoms with van der Waals surface area (Å²) in [6.07, 6.45) is 1.32. The van der Waals surface area contributed by atoms with Crippen molar-refractivity contribution in [2.24, 2.45) is 5.84 Å². The zero-order valence-corrected chi connectivity index (χ0v) is 10.8. The van der Waals surface area contributed by atoms with Gasteiger partial charge in [0.05, 0.1) is 18.8 Å². The van der Waals surface area contributed by atoms with Crippen LogP contribution >= 0.6 is 0 Å². The standard InChI is InChI=1S/C13H14F2N4O/c1-20-13-6-11(17-7-18-13)12(19-16)5-8-9(14)3-2-4-10(8)15/h2-4,6-7,12,19H,5,16H2,1H3. The number of hydrazine groups is 1. The fourth-order valence-corrected chi connectivity index (χ4v) is 1.84. The van der Waals surface area contributed by atoms with Crippen molar-refractivity contribution in [3.63, 3.8) is 0 Å². The molecule has 3 N–H and O–H groups in total. The van der Waals surface area contributed by atoms with Gasteiger partial charge in [-0.05, 0) is 12.1 Å². The number of benzene rings is 1. The second-order valence-corrected chi connectivity index (χ2v) is 4.11. The molecule has 7 heteroatoms. The zero-order valence-electron chi connectivity index (χ0n) is 10.8. The van der Waals surface area contributed by atoms with Gasteiger partial charge in [-0.25, -0.2) is 18.7 Å². The molecule has 2 rings (SSSR count). The third-order valence-electron chi connectivity index (χ3n) is 2.90. The number of hydrogen-bond donors (Lipinski definition) is 2. The van der Waals surface area contributed by atoms with Crippen molar-refractivity contribution in [1.29, 1.82) is 0 Å². The van der Waals surface area contributed by atoms with Crippen molar-refractivity contribution < 1.29 is 13.5 Å². The van der Waals surface area contributed by atoms with Crippen LogP contribution in [0.25, 0.3) is 0 Å². The molecule has 0 bridgehead atoms. The molecular weight excluding hydrogens is 266 g/mol. The average Bonchev–Trinajstić information content (AvgIpc) is 2.47. The number of methoxy groups -OCH3 is 1. The fraction of sp³-hybridized carbons (Fsp3) is 0.231. The van der Waals surface area contributed by atoms with Gasteiger partial charge in [0.15, 0.2) is 0 Å². The maximum absolute atomic E-state index is 13.6. The molecule has 1 atom stereocenters. The lowest BCUT2D eigenvalue weighted by atomic mass is 10.0. The Kier molecular flexibility index (Phi) is 4.54. The summed E-state index contributed by atoms with van der Waals surface area (Å²) in [5, 5.41) is 0. The number of nitrogens with zero attached hydrogens (tertiary/aromatic N) is 2. The van der Waals surface area contributed by atoms with E-state index in [1.54, 1.807) is 6.07 Å². The predicted octanol–water partition coefficient (Wildman–Crippen LogP) is 1.51. The second-order valence-electron chi connectivity index (χ2n) is 4.11. The number of halogens is 2. The Balaban J connectivity index is 2.29. The highest BCUT2D eigenvalue weighted by Gasteiger charge is 2.18. The van der Waals surface area contributed by atoms with Crippen LogP contribution in [0.4, 0.5) is 8.78 Å². The Morgan fingerprint density at radius 1 is 1.30 bits per heavy atom. The van der Waals surface area contributed by atoms with E-state index in [2.05, 4.69) is 15.4 Å². The third-order valence-corrected chi connectivity index (χ3v) is 2.90. The highest BCUT2D eigenvalue weighted by atomic mass is 19.1. The highest BCUT2D eigenvalue weighted by Crippen LogP contribution is 2.21. The summed E-state index contributed by atoms with van der Waals surface area (Å²) in [6.45, 7) is 0. The summed E-state index contributed by atoms with van der Waals surface area (Å²) in [4.78, 5) is 7.90. The van der Waals surface area contributed by atoms with Gasteiger partial charge < -0.3 is 4.74 Å². The van der Waals surface area contributed by atoms with Gasteiger partial charge in [0.1, 0.15) is 18.0 Å². The quantitative estimate of drug-likeness (QED) is 0.641. The molecule has 0 saturated carbocycles. The topological polar surface area (TPSA) is 73.1 Å². The number of nitrogens with one attached hydrogen (secondary N) is 1. The molecule has 1 aromatic heterocycles. The first-order chi connectivity index (χ1) is 9.65. The summed E-state index contributed by atoms with van der Waals surface area (Å²) < 4.78 is 32.3. The van der Waals surface area contributed by atoms with E-state index in [1.165, 1.54) is 31.6 Å². The van der Waals surface area contributed by atoms with Crippen LogP contribution < -0.4 is 16.0 Å². The van der Waals surface area contributed by atoms with Crippen molar-refractivity contribution >= 4 is 0 Å². The molecule has 5 nitrogen and oxygen atoms in total. The van der Waals surface area contributed by atoms with E-state index in [4.69, 9.17) is 10.6 Å². The lowest BCUT2D eigenvalue weighted by Crippen LogP contribution is -2.30. The molecule has 1 aromatic carbocycles. The van der Waals surface area contributed by atoms with Crippen molar-refractivity contribution in [3.8, 4) is 5.88 Å². The SMILES string of the molecule is COc1cc(C(Cc2c(F)cccc2F)NN)ncn1. The first-order valence-electron chi connectivity index (χ1n) is 5.90. The lowest BCUT2D eigenvalue weighted by Gasteiger charge is -2.16. The van der Waals surface area contributed by atoms with Crippen LogP contribution in [0.15, 0.2) is 30.6 Å². The molecule has 20 heavy (non-hydrogen) atoms. The third kappa shape index (κ3) is 3.06. The van der Waals surface area contributed by atoms with E-state index >= 15 is 0 Å². The summed E-state index contributed by atoms with van der Waals surface area (Å²) >= 11 is 0. The molecule has 0 aliphatic rings. The average molecular weight is 280 g/mol. The van der Waals surface area contributed by atoms with Crippen molar-refractivity contribution in [3.05, 3.63) is 53.5 Å². The molecule has 2 aromatic rings. The molecule has 0 amide bonds. The van der Waals surface area contributed by atoms with Crippen LogP contribution in [-0.2, 0) is 6.42 Å². The van der Waals surface area contributed by atoms with E-state index < -0.39 is 17.7 Å². The molecule has 0 saturated heterocycles. The Morgan fingerprint density at radius 2 is 2.00 bits per heavy atom. The first kappa shape index (κ1) is 14.3. The van der Waals surface area contributed by atoms with Crippen molar-refractivity contribution in [2.45, 2.75) is 12.5 Å².